The molecule has 2 unspecified atom stereocenters. The number of hydrogen-bond acceptors (Lipinski definition) is 17. The number of aromatic nitrogens is 9. The highest BCUT2D eigenvalue weighted by Crippen LogP contribution is 2.52. The molecule has 25 heteroatoms. The molecule has 0 saturated carbocycles. The number of H-pyrrole nitrogens is 1. The third-order valence-electron chi connectivity index (χ3n) is 7.19. The first-order valence-electron chi connectivity index (χ1n) is 13.0. The number of halogens is 1. The van der Waals surface area contributed by atoms with Gasteiger partial charge >= 0.3 is 13.9 Å². The Morgan fingerprint density at radius 1 is 1.33 bits per heavy atom. The standard InChI is InChI=1S/C20H24FN11O9P2S2/c21-5-20(6-33)2-11(17(39-20)31-15-13(29-30-31)16(34)28-18(22)27-15)41-43(36,45)37-4-12-10(40-42(35)44)1-9(38-12)8-3-26-32-14(8)24-7-25-19(32)23/h3,7,9-12,17,33H,1-2,4-6H2,(H6-,22,23,24,25,26,27,28,30,34,35,36,44,45)/p+1/t9-,10+,11-,12-,17-,20-,43?/m1/s1. The van der Waals surface area contributed by atoms with Crippen molar-refractivity contribution in [3.63, 3.8) is 0 Å². The molecular weight excluding hydrogens is 683 g/mol. The second-order valence-corrected chi connectivity index (χ2v) is 14.6. The van der Waals surface area contributed by atoms with E-state index < -0.39 is 75.6 Å². The lowest BCUT2D eigenvalue weighted by Gasteiger charge is -2.25. The zero-order valence-electron chi connectivity index (χ0n) is 22.7. The number of aromatic amines is 1. The predicted octanol–water partition coefficient (Wildman–Crippen LogP) is -0.143. The fraction of sp³-hybridized carbons (Fsp3) is 0.550. The molecule has 2 aliphatic rings. The molecular formula is C20H25FN11O9P2S2+. The van der Waals surface area contributed by atoms with Crippen LogP contribution in [-0.4, -0.2) is 98.3 Å². The molecule has 4 aromatic rings. The number of hydrogen-bond donors (Lipinski definition) is 6. The molecule has 45 heavy (non-hydrogen) atoms. The van der Waals surface area contributed by atoms with Crippen LogP contribution in [-0.2, 0) is 39.4 Å². The number of aliphatic hydroxyl groups excluding tert-OH is 1. The summed E-state index contributed by atoms with van der Waals surface area (Å²) in [5.74, 6) is -0.152. The van der Waals surface area contributed by atoms with Gasteiger partial charge in [0.1, 0.15) is 49.2 Å². The minimum Gasteiger partial charge on any atom is -0.393 e. The number of fused-ring (bicyclic) bond motifs is 2. The molecule has 20 nitrogen and oxygen atoms in total. The second kappa shape index (κ2) is 12.4. The Bertz CT molecular complexity index is 1860. The minimum absolute atomic E-state index is 0.102. The third kappa shape index (κ3) is 6.30. The molecule has 0 aromatic carbocycles. The Balaban J connectivity index is 1.21. The first-order valence-corrected chi connectivity index (χ1v) is 17.9. The van der Waals surface area contributed by atoms with E-state index in [0.717, 1.165) is 4.68 Å². The SMILES string of the molecule is Nc1nc2c(nnn2[C@@H]2O[C@@](CO)(CF)C[C@H]2OP(O)(=S)OC[C@H]2O[C@@H](c3cnn4c(N)ncnc34)C[C@@H]2O[P+](=O)S)c(=O)[nH]1. The number of nitrogens with two attached hydrogens (primary N) is 2. The maximum absolute atomic E-state index is 14.1. The molecule has 0 amide bonds. The largest absolute Gasteiger partial charge is 0.582 e. The van der Waals surface area contributed by atoms with Gasteiger partial charge in [-0.2, -0.15) is 19.3 Å². The van der Waals surface area contributed by atoms with Crippen LogP contribution in [0, 0.1) is 0 Å². The summed E-state index contributed by atoms with van der Waals surface area (Å²) >= 11 is 9.10. The quantitative estimate of drug-likeness (QED) is 0.0873. The highest BCUT2D eigenvalue weighted by Gasteiger charge is 2.51. The zero-order valence-corrected chi connectivity index (χ0v) is 26.2. The highest BCUT2D eigenvalue weighted by molar-refractivity contribution is 8.39. The van der Waals surface area contributed by atoms with Gasteiger partial charge in [-0.3, -0.25) is 9.78 Å². The second-order valence-electron chi connectivity index (χ2n) is 10.1. The summed E-state index contributed by atoms with van der Waals surface area (Å²) in [6.45, 7) is -6.49. The smallest absolute Gasteiger partial charge is 0.393 e. The Hall–Kier alpha value is -2.82. The van der Waals surface area contributed by atoms with Crippen LogP contribution >= 0.6 is 26.2 Å². The van der Waals surface area contributed by atoms with Gasteiger partial charge in [-0.25, -0.2) is 14.4 Å². The predicted molar refractivity (Wildman–Crippen MR) is 157 cm³/mol. The van der Waals surface area contributed by atoms with Gasteiger partial charge in [0.25, 0.3) is 5.56 Å². The van der Waals surface area contributed by atoms with Crippen molar-refractivity contribution in [2.45, 2.75) is 49.1 Å². The number of rotatable bonds is 11. The van der Waals surface area contributed by atoms with Crippen molar-refractivity contribution in [3.8, 4) is 0 Å². The van der Waals surface area contributed by atoms with Gasteiger partial charge in [-0.1, -0.05) is 5.21 Å². The summed E-state index contributed by atoms with van der Waals surface area (Å²) < 4.78 is 57.0. The first-order chi connectivity index (χ1) is 21.4. The number of nitrogens with zero attached hydrogens (tertiary/aromatic N) is 8. The van der Waals surface area contributed by atoms with Crippen molar-refractivity contribution >= 4 is 66.7 Å². The molecule has 2 aliphatic heterocycles. The Kier molecular flexibility index (Phi) is 8.86. The van der Waals surface area contributed by atoms with Gasteiger partial charge in [-0.15, -0.1) is 9.62 Å². The summed E-state index contributed by atoms with van der Waals surface area (Å²) in [4.78, 5) is 37.7. The number of nitrogens with one attached hydrogen (secondary N) is 1. The van der Waals surface area contributed by atoms with Crippen molar-refractivity contribution in [2.75, 3.05) is 31.4 Å². The van der Waals surface area contributed by atoms with E-state index in [4.69, 9.17) is 46.3 Å². The van der Waals surface area contributed by atoms with E-state index in [0.29, 0.717) is 11.2 Å². The minimum atomic E-state index is -4.18. The third-order valence-corrected chi connectivity index (χ3v) is 9.51. The molecule has 242 valence electrons. The molecule has 4 aromatic heterocycles. The monoisotopic (exact) mass is 708 g/mol. The van der Waals surface area contributed by atoms with Crippen LogP contribution in [0.3, 0.4) is 0 Å². The Morgan fingerprint density at radius 2 is 2.13 bits per heavy atom. The maximum atomic E-state index is 14.1. The molecule has 0 aliphatic carbocycles. The van der Waals surface area contributed by atoms with E-state index in [1.54, 1.807) is 0 Å². The van der Waals surface area contributed by atoms with Gasteiger partial charge in [-0.05, 0) is 16.4 Å². The van der Waals surface area contributed by atoms with Gasteiger partial charge in [0.15, 0.2) is 23.0 Å². The molecule has 8 atom stereocenters. The Morgan fingerprint density at radius 3 is 2.87 bits per heavy atom. The van der Waals surface area contributed by atoms with Gasteiger partial charge < -0.3 is 40.0 Å². The number of nitrogen functional groups attached to an aromatic ring is 2. The number of thiol groups is 1. The van der Waals surface area contributed by atoms with Crippen LogP contribution in [0.15, 0.2) is 17.3 Å². The first kappa shape index (κ1) is 32.1. The van der Waals surface area contributed by atoms with Crippen LogP contribution in [0.5, 0.6) is 0 Å². The lowest BCUT2D eigenvalue weighted by molar-refractivity contribution is -0.119. The topological polar surface area (TPSA) is 275 Å². The summed E-state index contributed by atoms with van der Waals surface area (Å²) in [5.41, 5.74) is 9.66. The van der Waals surface area contributed by atoms with Gasteiger partial charge in [0.05, 0.1) is 25.5 Å². The van der Waals surface area contributed by atoms with Crippen molar-refractivity contribution in [1.29, 1.82) is 0 Å². The molecule has 0 spiro atoms. The molecule has 6 heterocycles. The van der Waals surface area contributed by atoms with Crippen molar-refractivity contribution in [1.82, 2.24) is 44.5 Å². The van der Waals surface area contributed by atoms with Gasteiger partial charge in [0, 0.05) is 18.4 Å². The van der Waals surface area contributed by atoms with E-state index in [1.165, 1.54) is 17.0 Å². The summed E-state index contributed by atoms with van der Waals surface area (Å²) in [6.07, 6.45) is -2.42. The maximum Gasteiger partial charge on any atom is 0.582 e. The van der Waals surface area contributed by atoms with Crippen LogP contribution in [0.1, 0.15) is 30.7 Å². The summed E-state index contributed by atoms with van der Waals surface area (Å²) in [6, 6.07) is 0. The molecule has 7 N–H and O–H groups in total. The lowest BCUT2D eigenvalue weighted by atomic mass is 10.0. The summed E-state index contributed by atoms with van der Waals surface area (Å²) in [7, 11) is -2.36. The molecule has 2 fully saturated rings. The van der Waals surface area contributed by atoms with Crippen LogP contribution in [0.2, 0.25) is 0 Å². The number of alkyl halides is 1. The van der Waals surface area contributed by atoms with Crippen LogP contribution in [0.4, 0.5) is 16.3 Å². The summed E-state index contributed by atoms with van der Waals surface area (Å²) in [5, 5.41) is 21.8. The lowest BCUT2D eigenvalue weighted by Crippen LogP contribution is -2.36. The van der Waals surface area contributed by atoms with Gasteiger partial charge in [0.2, 0.25) is 11.9 Å². The average Bonchev–Trinajstić information content (AvgIpc) is 3.76. The van der Waals surface area contributed by atoms with Crippen LogP contribution in [0.25, 0.3) is 16.8 Å². The normalized spacial score (nSPS) is 28.6. The zero-order chi connectivity index (χ0) is 32.1. The molecule has 2 saturated heterocycles. The molecule has 0 radical (unpaired) electrons. The number of ether oxygens (including phenoxy) is 2. The van der Waals surface area contributed by atoms with E-state index in [9.17, 15) is 23.7 Å². The van der Waals surface area contributed by atoms with E-state index in [2.05, 4.69) is 47.6 Å². The number of aliphatic hydroxyl groups is 1. The van der Waals surface area contributed by atoms with E-state index in [-0.39, 0.29) is 35.9 Å². The Labute approximate surface area is 261 Å². The highest BCUT2D eigenvalue weighted by atomic mass is 32.7. The molecule has 6 rings (SSSR count). The van der Waals surface area contributed by atoms with Crippen molar-refractivity contribution in [3.05, 3.63) is 28.4 Å². The number of anilines is 2. The fourth-order valence-corrected chi connectivity index (χ4v) is 7.39. The molecule has 0 bridgehead atoms. The average molecular weight is 709 g/mol. The van der Waals surface area contributed by atoms with Crippen molar-refractivity contribution in [2.24, 2.45) is 0 Å². The van der Waals surface area contributed by atoms with E-state index >= 15 is 0 Å². The van der Waals surface area contributed by atoms with E-state index in [1.807, 2.05) is 0 Å². The fourth-order valence-electron chi connectivity index (χ4n) is 5.14. The van der Waals surface area contributed by atoms with Crippen molar-refractivity contribution < 1.29 is 42.0 Å². The van der Waals surface area contributed by atoms with Crippen LogP contribution < -0.4 is 17.0 Å².